The van der Waals surface area contributed by atoms with E-state index >= 15 is 0 Å². The number of unbranched alkanes of at least 4 members (excludes halogenated alkanes) is 2. The molecule has 0 saturated carbocycles. The van der Waals surface area contributed by atoms with Crippen molar-refractivity contribution in [2.24, 2.45) is 5.92 Å². The van der Waals surface area contributed by atoms with E-state index in [-0.39, 0.29) is 5.60 Å². The van der Waals surface area contributed by atoms with Crippen LogP contribution in [0.4, 0.5) is 0 Å². The van der Waals surface area contributed by atoms with Crippen molar-refractivity contribution in [1.29, 1.82) is 5.26 Å². The molecule has 4 nitrogen and oxygen atoms in total. The summed E-state index contributed by atoms with van der Waals surface area (Å²) in [6.07, 6.45) is 10.3. The standard InChI is InChI=1S/C33H44N2O2/c1-6-19-36-30-20-27(25(3)24(2)13-9-7-10-14-26-15-11-8-12-16-26)21-31-32(30)28-22-35(23-34)18-17-29(28)33(4,5)37-31/h8,11-12,15-16,20-21,24-25H,6-7,9-10,13-14,17-19,22H2,1-5H3. The van der Waals surface area contributed by atoms with Crippen LogP contribution < -0.4 is 9.47 Å². The number of hydrogen-bond donors (Lipinski definition) is 0. The molecule has 4 rings (SSSR count). The van der Waals surface area contributed by atoms with E-state index in [0.29, 0.717) is 25.0 Å². The smallest absolute Gasteiger partial charge is 0.179 e. The first kappa shape index (κ1) is 27.1. The SMILES string of the molecule is CCCOc1cc(C(C)C(C)CCCCCc2ccccc2)cc2c1C1=C(CCN(C#N)C1)C(C)(C)O2. The number of aryl methyl sites for hydroxylation is 1. The maximum Gasteiger partial charge on any atom is 0.179 e. The lowest BCUT2D eigenvalue weighted by molar-refractivity contribution is 0.133. The van der Waals surface area contributed by atoms with Gasteiger partial charge in [-0.3, -0.25) is 0 Å². The van der Waals surface area contributed by atoms with Gasteiger partial charge in [0.2, 0.25) is 0 Å². The van der Waals surface area contributed by atoms with Crippen LogP contribution in [0.2, 0.25) is 0 Å². The van der Waals surface area contributed by atoms with Gasteiger partial charge < -0.3 is 14.4 Å². The minimum Gasteiger partial charge on any atom is -0.493 e. The van der Waals surface area contributed by atoms with Crippen LogP contribution in [-0.4, -0.2) is 30.2 Å². The van der Waals surface area contributed by atoms with E-state index in [1.54, 1.807) is 0 Å². The van der Waals surface area contributed by atoms with Crippen molar-refractivity contribution in [3.8, 4) is 17.7 Å². The van der Waals surface area contributed by atoms with Crippen LogP contribution in [0, 0.1) is 17.4 Å². The zero-order valence-electron chi connectivity index (χ0n) is 23.5. The molecule has 2 unspecified atom stereocenters. The summed E-state index contributed by atoms with van der Waals surface area (Å²) in [5.74, 6) is 2.81. The quantitative estimate of drug-likeness (QED) is 0.231. The van der Waals surface area contributed by atoms with Crippen LogP contribution in [0.3, 0.4) is 0 Å². The first-order valence-corrected chi connectivity index (χ1v) is 14.2. The molecule has 0 N–H and O–H groups in total. The Morgan fingerprint density at radius 1 is 1.11 bits per heavy atom. The van der Waals surface area contributed by atoms with Crippen molar-refractivity contribution in [3.63, 3.8) is 0 Å². The zero-order valence-corrected chi connectivity index (χ0v) is 23.5. The highest BCUT2D eigenvalue weighted by molar-refractivity contribution is 5.82. The Morgan fingerprint density at radius 3 is 2.62 bits per heavy atom. The average Bonchev–Trinajstić information content (AvgIpc) is 2.90. The largest absolute Gasteiger partial charge is 0.493 e. The first-order valence-electron chi connectivity index (χ1n) is 14.2. The normalized spacial score (nSPS) is 17.8. The number of rotatable bonds is 11. The summed E-state index contributed by atoms with van der Waals surface area (Å²) in [6.45, 7) is 13.2. The number of nitrogens with zero attached hydrogens (tertiary/aromatic N) is 2. The third-order valence-corrected chi connectivity index (χ3v) is 8.28. The van der Waals surface area contributed by atoms with Gasteiger partial charge in [0.05, 0.1) is 18.7 Å². The van der Waals surface area contributed by atoms with Gasteiger partial charge in [0.25, 0.3) is 0 Å². The molecule has 2 atom stereocenters. The topological polar surface area (TPSA) is 45.5 Å². The van der Waals surface area contributed by atoms with Crippen LogP contribution in [0.5, 0.6) is 11.5 Å². The van der Waals surface area contributed by atoms with E-state index in [2.05, 4.69) is 83.3 Å². The van der Waals surface area contributed by atoms with Gasteiger partial charge in [0.15, 0.2) is 6.19 Å². The molecule has 2 aliphatic heterocycles. The summed E-state index contributed by atoms with van der Waals surface area (Å²) in [7, 11) is 0. The van der Waals surface area contributed by atoms with Gasteiger partial charge in [0, 0.05) is 6.54 Å². The third-order valence-electron chi connectivity index (χ3n) is 8.28. The molecule has 2 aromatic carbocycles. The lowest BCUT2D eigenvalue weighted by Gasteiger charge is -2.42. The molecule has 198 valence electrons. The number of benzene rings is 2. The van der Waals surface area contributed by atoms with Crippen LogP contribution in [-0.2, 0) is 6.42 Å². The maximum atomic E-state index is 9.60. The van der Waals surface area contributed by atoms with Crippen molar-refractivity contribution in [2.45, 2.75) is 91.1 Å². The Bertz CT molecular complexity index is 1130. The minimum atomic E-state index is -0.377. The number of fused-ring (bicyclic) bond motifs is 2. The fraction of sp³-hybridized carbons (Fsp3) is 0.545. The molecule has 0 aromatic heterocycles. The molecule has 2 heterocycles. The van der Waals surface area contributed by atoms with Crippen molar-refractivity contribution >= 4 is 5.57 Å². The molecule has 0 fully saturated rings. The summed E-state index contributed by atoms with van der Waals surface area (Å²) in [5.41, 5.74) is 5.93. The van der Waals surface area contributed by atoms with E-state index < -0.39 is 0 Å². The molecule has 0 spiro atoms. The van der Waals surface area contributed by atoms with Gasteiger partial charge in [-0.25, -0.2) is 0 Å². The molecule has 37 heavy (non-hydrogen) atoms. The Hall–Kier alpha value is -2.93. The van der Waals surface area contributed by atoms with Crippen LogP contribution in [0.1, 0.15) is 95.8 Å². The third kappa shape index (κ3) is 6.32. The summed E-state index contributed by atoms with van der Waals surface area (Å²) in [6, 6.07) is 15.3. The monoisotopic (exact) mass is 500 g/mol. The number of hydrogen-bond acceptors (Lipinski definition) is 4. The molecule has 2 aliphatic rings. The molecular formula is C33H44N2O2. The molecule has 0 amide bonds. The van der Waals surface area contributed by atoms with E-state index in [1.165, 1.54) is 54.4 Å². The second kappa shape index (κ2) is 12.1. The van der Waals surface area contributed by atoms with Crippen molar-refractivity contribution in [1.82, 2.24) is 4.90 Å². The predicted octanol–water partition coefficient (Wildman–Crippen LogP) is 8.13. The van der Waals surface area contributed by atoms with Crippen LogP contribution in [0.25, 0.3) is 5.57 Å². The van der Waals surface area contributed by atoms with Crippen molar-refractivity contribution < 1.29 is 9.47 Å². The zero-order chi connectivity index (χ0) is 26.4. The Balaban J connectivity index is 1.50. The van der Waals surface area contributed by atoms with Crippen LogP contribution >= 0.6 is 0 Å². The highest BCUT2D eigenvalue weighted by Crippen LogP contribution is 2.49. The minimum absolute atomic E-state index is 0.377. The summed E-state index contributed by atoms with van der Waals surface area (Å²) < 4.78 is 13.0. The maximum absolute atomic E-state index is 9.60. The highest BCUT2D eigenvalue weighted by Gasteiger charge is 2.39. The van der Waals surface area contributed by atoms with E-state index in [4.69, 9.17) is 9.47 Å². The Labute approximate surface area is 224 Å². The van der Waals surface area contributed by atoms with Gasteiger partial charge in [-0.2, -0.15) is 5.26 Å². The van der Waals surface area contributed by atoms with E-state index in [9.17, 15) is 5.26 Å². The molecule has 0 radical (unpaired) electrons. The van der Waals surface area contributed by atoms with E-state index in [1.807, 2.05) is 4.90 Å². The second-order valence-corrected chi connectivity index (χ2v) is 11.4. The summed E-state index contributed by atoms with van der Waals surface area (Å²) in [4.78, 5) is 1.85. The molecule has 2 aromatic rings. The number of ether oxygens (including phenoxy) is 2. The van der Waals surface area contributed by atoms with Gasteiger partial charge in [0.1, 0.15) is 17.1 Å². The van der Waals surface area contributed by atoms with Gasteiger partial charge >= 0.3 is 0 Å². The molecule has 0 aliphatic carbocycles. The predicted molar refractivity (Wildman–Crippen MR) is 152 cm³/mol. The highest BCUT2D eigenvalue weighted by atomic mass is 16.5. The van der Waals surface area contributed by atoms with Crippen molar-refractivity contribution in [2.75, 3.05) is 19.7 Å². The molecule has 0 bridgehead atoms. The molecule has 0 saturated heterocycles. The molecule has 4 heteroatoms. The van der Waals surface area contributed by atoms with Gasteiger partial charge in [-0.1, -0.05) is 70.4 Å². The van der Waals surface area contributed by atoms with E-state index in [0.717, 1.165) is 36.4 Å². The van der Waals surface area contributed by atoms with Gasteiger partial charge in [-0.05, 0) is 85.8 Å². The van der Waals surface area contributed by atoms with Gasteiger partial charge in [-0.15, -0.1) is 0 Å². The summed E-state index contributed by atoms with van der Waals surface area (Å²) in [5, 5.41) is 9.60. The van der Waals surface area contributed by atoms with Crippen molar-refractivity contribution in [3.05, 3.63) is 64.7 Å². The second-order valence-electron chi connectivity index (χ2n) is 11.4. The lowest BCUT2D eigenvalue weighted by atomic mass is 9.79. The van der Waals surface area contributed by atoms with Crippen LogP contribution in [0.15, 0.2) is 48.0 Å². The Kier molecular flexibility index (Phi) is 8.85. The fourth-order valence-corrected chi connectivity index (χ4v) is 5.85. The summed E-state index contributed by atoms with van der Waals surface area (Å²) >= 11 is 0. The molecular weight excluding hydrogens is 456 g/mol. The Morgan fingerprint density at radius 2 is 1.89 bits per heavy atom. The lowest BCUT2D eigenvalue weighted by Crippen LogP contribution is -2.41. The number of nitriles is 1. The average molecular weight is 501 g/mol. The fourth-order valence-electron chi connectivity index (χ4n) is 5.85. The first-order chi connectivity index (χ1) is 17.8.